The Hall–Kier alpha value is -1.22. The molecule has 0 spiro atoms. The highest BCUT2D eigenvalue weighted by Crippen LogP contribution is 2.46. The van der Waals surface area contributed by atoms with Crippen molar-refractivity contribution in [1.29, 1.82) is 0 Å². The van der Waals surface area contributed by atoms with E-state index in [-0.39, 0.29) is 5.41 Å². The number of nitrogens with two attached hydrogens (primary N) is 1. The molecule has 3 heteroatoms. The van der Waals surface area contributed by atoms with E-state index in [0.29, 0.717) is 13.2 Å². The molecule has 1 aliphatic heterocycles. The Morgan fingerprint density at radius 3 is 2.65 bits per heavy atom. The van der Waals surface area contributed by atoms with Gasteiger partial charge in [0.25, 0.3) is 0 Å². The van der Waals surface area contributed by atoms with Crippen LogP contribution in [0.15, 0.2) is 12.1 Å². The van der Waals surface area contributed by atoms with Crippen molar-refractivity contribution in [3.8, 4) is 11.5 Å². The number of hydrogen-bond donors (Lipinski definition) is 1. The summed E-state index contributed by atoms with van der Waals surface area (Å²) in [7, 11) is 0. The van der Waals surface area contributed by atoms with E-state index >= 15 is 0 Å². The van der Waals surface area contributed by atoms with E-state index in [9.17, 15) is 0 Å². The fourth-order valence-electron chi connectivity index (χ4n) is 2.85. The molecule has 1 aromatic carbocycles. The molecule has 0 radical (unpaired) electrons. The van der Waals surface area contributed by atoms with Crippen molar-refractivity contribution in [2.24, 2.45) is 5.73 Å². The third-order valence-corrected chi connectivity index (χ3v) is 4.14. The van der Waals surface area contributed by atoms with Gasteiger partial charge in [0.1, 0.15) is 13.2 Å². The molecule has 2 aliphatic rings. The SMILES string of the molecule is Cc1cc(C2(CN)CCC2)cc2c1OCCO2. The molecule has 0 bridgehead atoms. The summed E-state index contributed by atoms with van der Waals surface area (Å²) in [4.78, 5) is 0. The van der Waals surface area contributed by atoms with Gasteiger partial charge in [-0.15, -0.1) is 0 Å². The van der Waals surface area contributed by atoms with Gasteiger partial charge < -0.3 is 15.2 Å². The highest BCUT2D eigenvalue weighted by molar-refractivity contribution is 5.52. The predicted octanol–water partition coefficient (Wildman–Crippen LogP) is 2.15. The molecule has 1 saturated carbocycles. The predicted molar refractivity (Wildman–Crippen MR) is 66.8 cm³/mol. The van der Waals surface area contributed by atoms with Crippen LogP contribution < -0.4 is 15.2 Å². The molecule has 2 N–H and O–H groups in total. The molecule has 1 aliphatic carbocycles. The van der Waals surface area contributed by atoms with Crippen LogP contribution in [0.4, 0.5) is 0 Å². The Bertz CT molecular complexity index is 433. The van der Waals surface area contributed by atoms with Gasteiger partial charge >= 0.3 is 0 Å². The number of ether oxygens (including phenoxy) is 2. The van der Waals surface area contributed by atoms with Gasteiger partial charge in [-0.3, -0.25) is 0 Å². The molecule has 0 atom stereocenters. The Labute approximate surface area is 102 Å². The number of rotatable bonds is 2. The smallest absolute Gasteiger partial charge is 0.164 e. The number of fused-ring (bicyclic) bond motifs is 1. The highest BCUT2D eigenvalue weighted by atomic mass is 16.6. The standard InChI is InChI=1S/C14H19NO2/c1-10-7-11(14(9-15)3-2-4-14)8-12-13(10)17-6-5-16-12/h7-8H,2-6,9,15H2,1H3. The molecule has 0 saturated heterocycles. The van der Waals surface area contributed by atoms with Crippen LogP contribution in [-0.4, -0.2) is 19.8 Å². The molecule has 17 heavy (non-hydrogen) atoms. The van der Waals surface area contributed by atoms with Gasteiger partial charge in [-0.1, -0.05) is 12.5 Å². The lowest BCUT2D eigenvalue weighted by Gasteiger charge is -2.42. The summed E-state index contributed by atoms with van der Waals surface area (Å²) in [6.07, 6.45) is 3.68. The van der Waals surface area contributed by atoms with Gasteiger partial charge in [0, 0.05) is 12.0 Å². The summed E-state index contributed by atoms with van der Waals surface area (Å²) >= 11 is 0. The first-order valence-electron chi connectivity index (χ1n) is 6.36. The first kappa shape index (κ1) is 10.9. The fraction of sp³-hybridized carbons (Fsp3) is 0.571. The van der Waals surface area contributed by atoms with Crippen molar-refractivity contribution in [2.75, 3.05) is 19.8 Å². The first-order chi connectivity index (χ1) is 8.25. The summed E-state index contributed by atoms with van der Waals surface area (Å²) in [5, 5.41) is 0. The summed E-state index contributed by atoms with van der Waals surface area (Å²) in [6, 6.07) is 4.35. The third kappa shape index (κ3) is 1.61. The molecular formula is C14H19NO2. The minimum atomic E-state index is 0.195. The van der Waals surface area contributed by atoms with Crippen LogP contribution in [0.3, 0.4) is 0 Å². The van der Waals surface area contributed by atoms with Crippen LogP contribution in [-0.2, 0) is 5.41 Å². The molecule has 1 heterocycles. The van der Waals surface area contributed by atoms with Crippen molar-refractivity contribution in [3.63, 3.8) is 0 Å². The van der Waals surface area contributed by atoms with Crippen LogP contribution in [0.2, 0.25) is 0 Å². The summed E-state index contributed by atoms with van der Waals surface area (Å²) < 4.78 is 11.3. The van der Waals surface area contributed by atoms with Crippen molar-refractivity contribution >= 4 is 0 Å². The molecule has 92 valence electrons. The maximum atomic E-state index is 5.95. The van der Waals surface area contributed by atoms with Gasteiger partial charge in [-0.2, -0.15) is 0 Å². The molecule has 3 rings (SSSR count). The van der Waals surface area contributed by atoms with Crippen LogP contribution in [0.1, 0.15) is 30.4 Å². The summed E-state index contributed by atoms with van der Waals surface area (Å²) in [5.41, 5.74) is 8.64. The third-order valence-electron chi connectivity index (χ3n) is 4.14. The van der Waals surface area contributed by atoms with Gasteiger partial charge in [0.2, 0.25) is 0 Å². The maximum absolute atomic E-state index is 5.95. The zero-order valence-electron chi connectivity index (χ0n) is 10.3. The Morgan fingerprint density at radius 1 is 1.24 bits per heavy atom. The van der Waals surface area contributed by atoms with E-state index in [1.165, 1.54) is 24.8 Å². The van der Waals surface area contributed by atoms with Crippen LogP contribution in [0.25, 0.3) is 0 Å². The van der Waals surface area contributed by atoms with E-state index in [2.05, 4.69) is 19.1 Å². The lowest BCUT2D eigenvalue weighted by molar-refractivity contribution is 0.169. The van der Waals surface area contributed by atoms with E-state index in [1.807, 2.05) is 0 Å². The van der Waals surface area contributed by atoms with Crippen LogP contribution in [0, 0.1) is 6.92 Å². The Balaban J connectivity index is 2.04. The monoisotopic (exact) mass is 233 g/mol. The maximum Gasteiger partial charge on any atom is 0.164 e. The summed E-state index contributed by atoms with van der Waals surface area (Å²) in [5.74, 6) is 1.80. The normalized spacial score (nSPS) is 20.8. The molecule has 1 aromatic rings. The first-order valence-corrected chi connectivity index (χ1v) is 6.36. The molecule has 3 nitrogen and oxygen atoms in total. The lowest BCUT2D eigenvalue weighted by Crippen LogP contribution is -2.41. The second-order valence-electron chi connectivity index (χ2n) is 5.16. The van der Waals surface area contributed by atoms with Crippen molar-refractivity contribution in [3.05, 3.63) is 23.3 Å². The Morgan fingerprint density at radius 2 is 2.00 bits per heavy atom. The van der Waals surface area contributed by atoms with Gasteiger partial charge in [-0.05, 0) is 37.0 Å². The van der Waals surface area contributed by atoms with E-state index < -0.39 is 0 Å². The zero-order valence-corrected chi connectivity index (χ0v) is 10.3. The largest absolute Gasteiger partial charge is 0.486 e. The molecular weight excluding hydrogens is 214 g/mol. The van der Waals surface area contributed by atoms with E-state index in [4.69, 9.17) is 15.2 Å². The minimum Gasteiger partial charge on any atom is -0.486 e. The lowest BCUT2D eigenvalue weighted by atomic mass is 9.64. The molecule has 0 aromatic heterocycles. The average molecular weight is 233 g/mol. The second-order valence-corrected chi connectivity index (χ2v) is 5.16. The number of benzene rings is 1. The average Bonchev–Trinajstić information content (AvgIpc) is 2.28. The second kappa shape index (κ2) is 3.91. The minimum absolute atomic E-state index is 0.195. The number of aryl methyl sites for hydroxylation is 1. The van der Waals surface area contributed by atoms with Crippen LogP contribution in [0.5, 0.6) is 11.5 Å². The van der Waals surface area contributed by atoms with Crippen molar-refractivity contribution in [1.82, 2.24) is 0 Å². The van der Waals surface area contributed by atoms with Crippen LogP contribution >= 0.6 is 0 Å². The van der Waals surface area contributed by atoms with Crippen molar-refractivity contribution < 1.29 is 9.47 Å². The quantitative estimate of drug-likeness (QED) is 0.851. The van der Waals surface area contributed by atoms with Gasteiger partial charge in [-0.25, -0.2) is 0 Å². The number of hydrogen-bond acceptors (Lipinski definition) is 3. The van der Waals surface area contributed by atoms with E-state index in [1.54, 1.807) is 0 Å². The summed E-state index contributed by atoms with van der Waals surface area (Å²) in [6.45, 7) is 4.10. The topological polar surface area (TPSA) is 44.5 Å². The van der Waals surface area contributed by atoms with E-state index in [0.717, 1.165) is 23.6 Å². The molecule has 0 unspecified atom stereocenters. The van der Waals surface area contributed by atoms with Gasteiger partial charge in [0.15, 0.2) is 11.5 Å². The fourth-order valence-corrected chi connectivity index (χ4v) is 2.85. The van der Waals surface area contributed by atoms with Gasteiger partial charge in [0.05, 0.1) is 0 Å². The van der Waals surface area contributed by atoms with Crippen molar-refractivity contribution in [2.45, 2.75) is 31.6 Å². The molecule has 1 fully saturated rings. The zero-order chi connectivity index (χ0) is 11.9. The Kier molecular flexibility index (Phi) is 2.51. The highest BCUT2D eigenvalue weighted by Gasteiger charge is 2.38. The molecule has 0 amide bonds.